The molecule has 1 aromatic carbocycles. The molecule has 1 aliphatic carbocycles. The number of carbonyl (C=O) groups is 1. The van der Waals surface area contributed by atoms with Gasteiger partial charge in [-0.05, 0) is 18.4 Å². The van der Waals surface area contributed by atoms with Gasteiger partial charge in [0.25, 0.3) is 0 Å². The van der Waals surface area contributed by atoms with Crippen molar-refractivity contribution in [3.05, 3.63) is 47.6 Å². The zero-order valence-corrected chi connectivity index (χ0v) is 12.7. The fourth-order valence-corrected chi connectivity index (χ4v) is 2.45. The Labute approximate surface area is 124 Å². The van der Waals surface area contributed by atoms with Gasteiger partial charge in [-0.2, -0.15) is 4.98 Å². The second-order valence-corrected chi connectivity index (χ2v) is 6.81. The van der Waals surface area contributed by atoms with Gasteiger partial charge in [0.1, 0.15) is 5.78 Å². The predicted molar refractivity (Wildman–Crippen MR) is 78.9 cm³/mol. The molecule has 2 aromatic rings. The first-order chi connectivity index (χ1) is 9.92. The van der Waals surface area contributed by atoms with E-state index in [9.17, 15) is 4.79 Å². The predicted octanol–water partition coefficient (Wildman–Crippen LogP) is 3.31. The molecular weight excluding hydrogens is 264 g/mol. The van der Waals surface area contributed by atoms with Crippen LogP contribution >= 0.6 is 0 Å². The summed E-state index contributed by atoms with van der Waals surface area (Å²) in [5.74, 6) is 1.25. The minimum absolute atomic E-state index is 0.103. The molecule has 0 N–H and O–H groups in total. The van der Waals surface area contributed by atoms with Crippen molar-refractivity contribution in [2.45, 2.75) is 45.4 Å². The summed E-state index contributed by atoms with van der Waals surface area (Å²) in [7, 11) is 0. The third-order valence-electron chi connectivity index (χ3n) is 4.12. The fourth-order valence-electron chi connectivity index (χ4n) is 2.45. The Morgan fingerprint density at radius 3 is 2.48 bits per heavy atom. The van der Waals surface area contributed by atoms with Gasteiger partial charge in [0.05, 0.1) is 11.8 Å². The van der Waals surface area contributed by atoms with Gasteiger partial charge in [-0.3, -0.25) is 4.79 Å². The molecule has 1 fully saturated rings. The Morgan fingerprint density at radius 1 is 1.24 bits per heavy atom. The van der Waals surface area contributed by atoms with E-state index in [-0.39, 0.29) is 23.0 Å². The van der Waals surface area contributed by atoms with Crippen LogP contribution in [0.5, 0.6) is 0 Å². The van der Waals surface area contributed by atoms with Crippen molar-refractivity contribution in [1.82, 2.24) is 10.1 Å². The molecule has 0 amide bonds. The van der Waals surface area contributed by atoms with Crippen molar-refractivity contribution in [3.8, 4) is 0 Å². The number of rotatable bonds is 4. The molecule has 1 saturated carbocycles. The number of ketones is 1. The molecule has 4 nitrogen and oxygen atoms in total. The Kier molecular flexibility index (Phi) is 3.19. The average molecular weight is 284 g/mol. The molecular formula is C17H20N2O2. The topological polar surface area (TPSA) is 56.0 Å². The highest BCUT2D eigenvalue weighted by Crippen LogP contribution is 2.52. The van der Waals surface area contributed by atoms with Crippen LogP contribution in [-0.2, 0) is 16.6 Å². The molecule has 1 heterocycles. The Bertz CT molecular complexity index is 649. The van der Waals surface area contributed by atoms with Gasteiger partial charge < -0.3 is 4.52 Å². The largest absolute Gasteiger partial charge is 0.339 e. The highest BCUT2D eigenvalue weighted by atomic mass is 16.5. The lowest BCUT2D eigenvalue weighted by molar-refractivity contribution is -0.125. The van der Waals surface area contributed by atoms with E-state index in [0.29, 0.717) is 11.7 Å². The van der Waals surface area contributed by atoms with E-state index in [1.807, 2.05) is 39.0 Å². The van der Waals surface area contributed by atoms with Crippen LogP contribution in [-0.4, -0.2) is 15.9 Å². The monoisotopic (exact) mass is 284 g/mol. The Hall–Kier alpha value is -1.97. The average Bonchev–Trinajstić information content (AvgIpc) is 3.13. The summed E-state index contributed by atoms with van der Waals surface area (Å²) >= 11 is 0. The third kappa shape index (κ3) is 2.62. The van der Waals surface area contributed by atoms with Crippen molar-refractivity contribution in [2.75, 3.05) is 0 Å². The van der Waals surface area contributed by atoms with E-state index in [2.05, 4.69) is 22.3 Å². The molecule has 1 aliphatic rings. The lowest BCUT2D eigenvalue weighted by Crippen LogP contribution is -2.22. The van der Waals surface area contributed by atoms with Crippen LogP contribution in [0.3, 0.4) is 0 Å². The van der Waals surface area contributed by atoms with Crippen molar-refractivity contribution in [1.29, 1.82) is 0 Å². The molecule has 0 bridgehead atoms. The van der Waals surface area contributed by atoms with Crippen LogP contribution in [0.25, 0.3) is 0 Å². The second-order valence-electron chi connectivity index (χ2n) is 6.81. The molecule has 0 unspecified atom stereocenters. The van der Waals surface area contributed by atoms with E-state index in [4.69, 9.17) is 4.52 Å². The molecule has 3 rings (SSSR count). The molecule has 21 heavy (non-hydrogen) atoms. The standard InChI is InChI=1S/C17H20N2O2/c1-16(2,3)13(20)11-14-18-15(19-21-14)17(9-10-17)12-7-5-4-6-8-12/h4-8H,9-11H2,1-3H3. The van der Waals surface area contributed by atoms with Crippen molar-refractivity contribution >= 4 is 5.78 Å². The van der Waals surface area contributed by atoms with Gasteiger partial charge in [0.15, 0.2) is 5.82 Å². The molecule has 1 aromatic heterocycles. The maximum atomic E-state index is 12.1. The van der Waals surface area contributed by atoms with Gasteiger partial charge in [0.2, 0.25) is 5.89 Å². The smallest absolute Gasteiger partial charge is 0.234 e. The van der Waals surface area contributed by atoms with Crippen molar-refractivity contribution in [3.63, 3.8) is 0 Å². The quantitative estimate of drug-likeness (QED) is 0.864. The van der Waals surface area contributed by atoms with E-state index in [1.54, 1.807) is 0 Å². The zero-order chi connectivity index (χ0) is 15.1. The lowest BCUT2D eigenvalue weighted by Gasteiger charge is -2.14. The SMILES string of the molecule is CC(C)(C)C(=O)Cc1nc(C2(c3ccccc3)CC2)no1. The highest BCUT2D eigenvalue weighted by molar-refractivity contribution is 5.84. The number of hydrogen-bond acceptors (Lipinski definition) is 4. The number of aromatic nitrogens is 2. The van der Waals surface area contributed by atoms with Crippen LogP contribution in [0.1, 0.15) is 50.9 Å². The Balaban J connectivity index is 1.82. The highest BCUT2D eigenvalue weighted by Gasteiger charge is 2.49. The lowest BCUT2D eigenvalue weighted by atomic mass is 9.89. The maximum absolute atomic E-state index is 12.1. The van der Waals surface area contributed by atoms with E-state index < -0.39 is 0 Å². The summed E-state index contributed by atoms with van der Waals surface area (Å²) < 4.78 is 5.30. The maximum Gasteiger partial charge on any atom is 0.234 e. The molecule has 0 spiro atoms. The number of carbonyl (C=O) groups excluding carboxylic acids is 1. The molecule has 0 saturated heterocycles. The molecule has 110 valence electrons. The van der Waals surface area contributed by atoms with Gasteiger partial charge >= 0.3 is 0 Å². The van der Waals surface area contributed by atoms with Gasteiger partial charge in [-0.15, -0.1) is 0 Å². The first-order valence-electron chi connectivity index (χ1n) is 7.34. The van der Waals surface area contributed by atoms with Crippen LogP contribution in [0.4, 0.5) is 0 Å². The number of benzene rings is 1. The van der Waals surface area contributed by atoms with E-state index in [1.165, 1.54) is 5.56 Å². The number of nitrogens with zero attached hydrogens (tertiary/aromatic N) is 2. The summed E-state index contributed by atoms with van der Waals surface area (Å²) in [4.78, 5) is 16.5. The minimum atomic E-state index is -0.384. The van der Waals surface area contributed by atoms with E-state index >= 15 is 0 Å². The molecule has 0 atom stereocenters. The van der Waals surface area contributed by atoms with Crippen LogP contribution in [0.15, 0.2) is 34.9 Å². The van der Waals surface area contributed by atoms with Gasteiger partial charge in [0, 0.05) is 5.41 Å². The summed E-state index contributed by atoms with van der Waals surface area (Å²) in [5, 5.41) is 4.12. The molecule has 0 aliphatic heterocycles. The van der Waals surface area contributed by atoms with Crippen molar-refractivity contribution < 1.29 is 9.32 Å². The van der Waals surface area contributed by atoms with Gasteiger partial charge in [-0.1, -0.05) is 56.3 Å². The van der Waals surface area contributed by atoms with Crippen molar-refractivity contribution in [2.24, 2.45) is 5.41 Å². The van der Waals surface area contributed by atoms with Crippen LogP contribution in [0.2, 0.25) is 0 Å². The van der Waals surface area contributed by atoms with Gasteiger partial charge in [-0.25, -0.2) is 0 Å². The molecule has 4 heteroatoms. The van der Waals surface area contributed by atoms with Crippen LogP contribution in [0, 0.1) is 5.41 Å². The fraction of sp³-hybridized carbons (Fsp3) is 0.471. The minimum Gasteiger partial charge on any atom is -0.339 e. The zero-order valence-electron chi connectivity index (χ0n) is 12.7. The second kappa shape index (κ2) is 4.79. The summed E-state index contributed by atoms with van der Waals surface area (Å²) in [6, 6.07) is 10.3. The summed E-state index contributed by atoms with van der Waals surface area (Å²) in [6.45, 7) is 5.71. The summed E-state index contributed by atoms with van der Waals surface area (Å²) in [5.41, 5.74) is 0.735. The Morgan fingerprint density at radius 2 is 1.90 bits per heavy atom. The van der Waals surface area contributed by atoms with Crippen LogP contribution < -0.4 is 0 Å². The third-order valence-corrected chi connectivity index (χ3v) is 4.12. The summed E-state index contributed by atoms with van der Waals surface area (Å²) in [6.07, 6.45) is 2.27. The van der Waals surface area contributed by atoms with E-state index in [0.717, 1.165) is 12.8 Å². The number of Topliss-reactive ketones (excluding diaryl/α,β-unsaturated/α-hetero) is 1. The molecule has 0 radical (unpaired) electrons. The normalized spacial score (nSPS) is 16.7. The first kappa shape index (κ1) is 14.0. The number of hydrogen-bond donors (Lipinski definition) is 0. The first-order valence-corrected chi connectivity index (χ1v) is 7.34.